The van der Waals surface area contributed by atoms with E-state index in [9.17, 15) is 13.6 Å². The number of benzene rings is 2. The normalized spacial score (nSPS) is 16.9. The summed E-state index contributed by atoms with van der Waals surface area (Å²) in [6.07, 6.45) is -2.69. The van der Waals surface area contributed by atoms with Gasteiger partial charge in [-0.05, 0) is 36.1 Å². The second-order valence-electron chi connectivity index (χ2n) is 5.43. The molecule has 0 saturated heterocycles. The van der Waals surface area contributed by atoms with E-state index >= 15 is 0 Å². The lowest BCUT2D eigenvalue weighted by Gasteiger charge is -2.25. The van der Waals surface area contributed by atoms with E-state index < -0.39 is 12.5 Å². The van der Waals surface area contributed by atoms with Crippen LogP contribution < -0.4 is 5.32 Å². The first kappa shape index (κ1) is 17.9. The van der Waals surface area contributed by atoms with Crippen molar-refractivity contribution >= 4 is 39.4 Å². The molecule has 25 heavy (non-hydrogen) atoms. The second-order valence-corrected chi connectivity index (χ2v) is 7.54. The summed E-state index contributed by atoms with van der Waals surface area (Å²) in [5, 5.41) is 3.74. The smallest absolute Gasteiger partial charge is 0.307 e. The fraction of sp³-hybridized carbons (Fsp3) is 0.167. The van der Waals surface area contributed by atoms with E-state index in [2.05, 4.69) is 21.2 Å². The number of amides is 2. The Kier molecular flexibility index (Phi) is 5.44. The van der Waals surface area contributed by atoms with E-state index in [0.717, 1.165) is 20.5 Å². The molecular formula is C18H15BrF2N2OS. The van der Waals surface area contributed by atoms with E-state index in [4.69, 9.17) is 0 Å². The van der Waals surface area contributed by atoms with Crippen LogP contribution in [-0.2, 0) is 0 Å². The topological polar surface area (TPSA) is 32.3 Å². The molecule has 0 aliphatic carbocycles. The molecule has 3 rings (SSSR count). The molecule has 0 fully saturated rings. The molecule has 0 spiro atoms. The number of allylic oxidation sites excluding steroid dienone is 1. The van der Waals surface area contributed by atoms with Gasteiger partial charge in [0, 0.05) is 10.0 Å². The highest BCUT2D eigenvalue weighted by Gasteiger charge is 2.34. The second kappa shape index (κ2) is 7.58. The predicted molar refractivity (Wildman–Crippen MR) is 102 cm³/mol. The van der Waals surface area contributed by atoms with Crippen LogP contribution in [-0.4, -0.2) is 22.7 Å². The van der Waals surface area contributed by atoms with Crippen molar-refractivity contribution < 1.29 is 13.6 Å². The Labute approximate surface area is 157 Å². The Morgan fingerprint density at radius 1 is 1.20 bits per heavy atom. The third-order valence-corrected chi connectivity index (χ3v) is 5.30. The van der Waals surface area contributed by atoms with Crippen LogP contribution in [0.15, 0.2) is 64.1 Å². The molecule has 1 N–H and O–H groups in total. The van der Waals surface area contributed by atoms with Gasteiger partial charge in [0.25, 0.3) is 6.43 Å². The molecule has 1 aliphatic heterocycles. The number of carbonyl (C=O) groups excluding carboxylic acids is 1. The summed E-state index contributed by atoms with van der Waals surface area (Å²) in [4.78, 5) is 13.7. The number of hydrogen-bond acceptors (Lipinski definition) is 2. The first-order valence-corrected chi connectivity index (χ1v) is 9.30. The van der Waals surface area contributed by atoms with Crippen LogP contribution in [0.3, 0.4) is 0 Å². The van der Waals surface area contributed by atoms with Gasteiger partial charge in [0.2, 0.25) is 0 Å². The lowest BCUT2D eigenvalue weighted by Crippen LogP contribution is -2.38. The van der Waals surface area contributed by atoms with Crippen LogP contribution in [0.4, 0.5) is 19.3 Å². The monoisotopic (exact) mass is 424 g/mol. The lowest BCUT2D eigenvalue weighted by atomic mass is 10.0. The van der Waals surface area contributed by atoms with Gasteiger partial charge < -0.3 is 5.32 Å². The number of nitrogens with zero attached hydrogens (tertiary/aromatic N) is 1. The van der Waals surface area contributed by atoms with Crippen molar-refractivity contribution in [2.24, 2.45) is 0 Å². The maximum Gasteiger partial charge on any atom is 0.327 e. The van der Waals surface area contributed by atoms with Gasteiger partial charge in [-0.1, -0.05) is 46.3 Å². The largest absolute Gasteiger partial charge is 0.327 e. The SMILES string of the molecule is CC1SC=C(C(F)F)N1C(=O)Nc1ccccc1-c1ccc(Br)cc1. The molecule has 130 valence electrons. The zero-order chi connectivity index (χ0) is 18.0. The number of alkyl halides is 2. The van der Waals surface area contributed by atoms with Crippen molar-refractivity contribution in [3.63, 3.8) is 0 Å². The number of carbonyl (C=O) groups is 1. The van der Waals surface area contributed by atoms with Gasteiger partial charge in [0.1, 0.15) is 0 Å². The Hall–Kier alpha value is -1.86. The molecule has 0 radical (unpaired) electrons. The fourth-order valence-electron chi connectivity index (χ4n) is 2.58. The maximum atomic E-state index is 13.1. The highest BCUT2D eigenvalue weighted by atomic mass is 79.9. The zero-order valence-electron chi connectivity index (χ0n) is 13.2. The minimum Gasteiger partial charge on any atom is -0.307 e. The van der Waals surface area contributed by atoms with Crippen LogP contribution in [0.2, 0.25) is 0 Å². The van der Waals surface area contributed by atoms with E-state index in [1.54, 1.807) is 19.1 Å². The molecule has 2 aromatic rings. The van der Waals surface area contributed by atoms with Crippen LogP contribution in [0.25, 0.3) is 11.1 Å². The van der Waals surface area contributed by atoms with Gasteiger partial charge in [-0.15, -0.1) is 11.8 Å². The van der Waals surface area contributed by atoms with Gasteiger partial charge in [-0.2, -0.15) is 0 Å². The zero-order valence-corrected chi connectivity index (χ0v) is 15.7. The van der Waals surface area contributed by atoms with Crippen LogP contribution in [0.5, 0.6) is 0 Å². The van der Waals surface area contributed by atoms with Crippen molar-refractivity contribution in [2.45, 2.75) is 18.7 Å². The van der Waals surface area contributed by atoms with Crippen molar-refractivity contribution in [1.82, 2.24) is 4.90 Å². The Bertz CT molecular complexity index is 811. The number of rotatable bonds is 3. The molecule has 2 amide bonds. The summed E-state index contributed by atoms with van der Waals surface area (Å²) < 4.78 is 27.2. The average Bonchev–Trinajstić information content (AvgIpc) is 2.98. The van der Waals surface area contributed by atoms with Crippen LogP contribution in [0, 0.1) is 0 Å². The van der Waals surface area contributed by atoms with Crippen molar-refractivity contribution in [3.8, 4) is 11.1 Å². The van der Waals surface area contributed by atoms with Gasteiger partial charge >= 0.3 is 6.03 Å². The van der Waals surface area contributed by atoms with E-state index in [1.165, 1.54) is 17.2 Å². The molecule has 7 heteroatoms. The molecule has 1 aliphatic rings. The molecular weight excluding hydrogens is 410 g/mol. The number of urea groups is 1. The van der Waals surface area contributed by atoms with Gasteiger partial charge in [-0.3, -0.25) is 4.90 Å². The van der Waals surface area contributed by atoms with Crippen molar-refractivity contribution in [3.05, 3.63) is 64.1 Å². The van der Waals surface area contributed by atoms with Gasteiger partial charge in [-0.25, -0.2) is 13.6 Å². The van der Waals surface area contributed by atoms with Gasteiger partial charge in [0.15, 0.2) is 0 Å². The Balaban J connectivity index is 1.87. The van der Waals surface area contributed by atoms with Crippen molar-refractivity contribution in [2.75, 3.05) is 5.32 Å². The maximum absolute atomic E-state index is 13.1. The summed E-state index contributed by atoms with van der Waals surface area (Å²) in [5.74, 6) is 0. The molecule has 1 heterocycles. The summed E-state index contributed by atoms with van der Waals surface area (Å²) in [5.41, 5.74) is 2.06. The minimum absolute atomic E-state index is 0.267. The van der Waals surface area contributed by atoms with Crippen LogP contribution >= 0.6 is 27.7 Å². The molecule has 3 nitrogen and oxygen atoms in total. The lowest BCUT2D eigenvalue weighted by molar-refractivity contribution is 0.146. The van der Waals surface area contributed by atoms with Crippen LogP contribution in [0.1, 0.15) is 6.92 Å². The first-order valence-electron chi connectivity index (χ1n) is 7.56. The van der Waals surface area contributed by atoms with E-state index in [1.807, 2.05) is 36.4 Å². The third-order valence-electron chi connectivity index (χ3n) is 3.79. The third kappa shape index (κ3) is 3.88. The Morgan fingerprint density at radius 3 is 2.56 bits per heavy atom. The number of halogens is 3. The molecule has 1 atom stereocenters. The number of hydrogen-bond donors (Lipinski definition) is 1. The molecule has 1 unspecified atom stereocenters. The van der Waals surface area contributed by atoms with Gasteiger partial charge in [0.05, 0.1) is 16.8 Å². The fourth-order valence-corrected chi connectivity index (χ4v) is 3.74. The number of thioether (sulfide) groups is 1. The number of nitrogens with one attached hydrogen (secondary N) is 1. The standard InChI is InChI=1S/C18H15BrF2N2OS/c1-11-23(16(10-25-11)17(20)21)18(24)22-15-5-3-2-4-14(15)12-6-8-13(19)9-7-12/h2-11,17H,1H3,(H,22,24). The quantitative estimate of drug-likeness (QED) is 0.640. The van der Waals surface area contributed by atoms with E-state index in [-0.39, 0.29) is 11.1 Å². The summed E-state index contributed by atoms with van der Waals surface area (Å²) in [7, 11) is 0. The summed E-state index contributed by atoms with van der Waals surface area (Å²) in [6, 6.07) is 14.4. The average molecular weight is 425 g/mol. The minimum atomic E-state index is -2.69. The molecule has 0 aromatic heterocycles. The van der Waals surface area contributed by atoms with Crippen molar-refractivity contribution in [1.29, 1.82) is 0 Å². The molecule has 0 saturated carbocycles. The summed E-state index contributed by atoms with van der Waals surface area (Å²) >= 11 is 4.59. The molecule has 0 bridgehead atoms. The number of anilines is 1. The number of para-hydroxylation sites is 1. The highest BCUT2D eigenvalue weighted by Crippen LogP contribution is 2.35. The first-order chi connectivity index (χ1) is 12.0. The highest BCUT2D eigenvalue weighted by molar-refractivity contribution is 9.10. The summed E-state index contributed by atoms with van der Waals surface area (Å²) in [6.45, 7) is 1.72. The molecule has 2 aromatic carbocycles. The van der Waals surface area contributed by atoms with E-state index in [0.29, 0.717) is 5.69 Å². The Morgan fingerprint density at radius 2 is 1.88 bits per heavy atom. The predicted octanol–water partition coefficient (Wildman–Crippen LogP) is 6.15.